The minimum atomic E-state index is -3.67. The molecule has 1 nitrogen and oxygen atoms in total. The minimum absolute atomic E-state index is 0.900. The Morgan fingerprint density at radius 1 is 1.33 bits per heavy atom. The van der Waals surface area contributed by atoms with E-state index in [1.165, 1.54) is 19.3 Å². The molecule has 66 valence electrons. The van der Waals surface area contributed by atoms with Crippen LogP contribution in [0.15, 0.2) is 0 Å². The van der Waals surface area contributed by atoms with Crippen molar-refractivity contribution in [2.45, 2.75) is 19.3 Å². The van der Waals surface area contributed by atoms with Crippen LogP contribution in [0.2, 0.25) is 0 Å². The third-order valence-electron chi connectivity index (χ3n) is 1.78. The molecule has 0 radical (unpaired) electrons. The molecule has 0 amide bonds. The summed E-state index contributed by atoms with van der Waals surface area (Å²) in [7, 11) is -3.67. The second-order valence-electron chi connectivity index (χ2n) is 2.70. The van der Waals surface area contributed by atoms with E-state index < -0.39 is 7.54 Å². The standard InChI is InChI=1S/C6H11O.BF3.K/c1-7-5-6-3-2-4-6;2-1(3)4;/h6H,1-5H2;;. The first-order chi connectivity index (χ1) is 5.66. The number of hydrogen-bond acceptors (Lipinski definition) is 1. The van der Waals surface area contributed by atoms with Gasteiger partial charge >= 0.3 is 93.7 Å². The maximum atomic E-state index is 9.67. The van der Waals surface area contributed by atoms with E-state index in [1.54, 1.807) is 0 Å². The topological polar surface area (TPSA) is 9.23 Å². The molecule has 12 heavy (non-hydrogen) atoms. The molecule has 0 saturated heterocycles. The van der Waals surface area contributed by atoms with Crippen LogP contribution in [0, 0.1) is 5.92 Å². The molecule has 1 fully saturated rings. The van der Waals surface area contributed by atoms with Crippen LogP contribution in [-0.4, -0.2) is 63.8 Å². The van der Waals surface area contributed by atoms with E-state index in [1.807, 2.05) is 0 Å². The van der Waals surface area contributed by atoms with E-state index in [9.17, 15) is 12.9 Å². The molecular weight excluding hydrogens is 195 g/mol. The average molecular weight is 206 g/mol. The van der Waals surface area contributed by atoms with Gasteiger partial charge in [-0.2, -0.15) is 0 Å². The first kappa shape index (κ1) is 13.5. The van der Waals surface area contributed by atoms with Crippen molar-refractivity contribution in [3.63, 3.8) is 0 Å². The van der Waals surface area contributed by atoms with Crippen LogP contribution in [0.5, 0.6) is 0 Å². The Morgan fingerprint density at radius 3 is 2.08 bits per heavy atom. The summed E-state index contributed by atoms with van der Waals surface area (Å²) in [4.78, 5) is 0. The predicted molar refractivity (Wildman–Crippen MR) is 43.0 cm³/mol. The van der Waals surface area contributed by atoms with Gasteiger partial charge in [0.2, 0.25) is 0 Å². The van der Waals surface area contributed by atoms with Gasteiger partial charge in [-0.25, -0.2) is 0 Å². The molecule has 0 N–H and O–H groups in total. The van der Waals surface area contributed by atoms with E-state index in [-0.39, 0.29) is 0 Å². The number of halogens is 3. The van der Waals surface area contributed by atoms with E-state index in [0.29, 0.717) is 0 Å². The maximum absolute atomic E-state index is 9.67. The summed E-state index contributed by atoms with van der Waals surface area (Å²) in [5, 5.41) is 0. The fourth-order valence-corrected chi connectivity index (χ4v) is 1.31. The molecule has 0 aromatic carbocycles. The third kappa shape index (κ3) is 9.54. The predicted octanol–water partition coefficient (Wildman–Crippen LogP) is 1.81. The second kappa shape index (κ2) is 9.02. The van der Waals surface area contributed by atoms with Crippen LogP contribution in [0.25, 0.3) is 0 Å². The van der Waals surface area contributed by atoms with Gasteiger partial charge < -0.3 is 0 Å². The van der Waals surface area contributed by atoms with Crippen molar-refractivity contribution in [1.82, 2.24) is 0 Å². The molecule has 1 rings (SSSR count). The van der Waals surface area contributed by atoms with Crippen molar-refractivity contribution in [3.8, 4) is 0 Å². The van der Waals surface area contributed by atoms with E-state index >= 15 is 0 Å². The van der Waals surface area contributed by atoms with Crippen molar-refractivity contribution >= 4 is 56.5 Å². The van der Waals surface area contributed by atoms with Crippen LogP contribution in [-0.2, 0) is 4.74 Å². The van der Waals surface area contributed by atoms with Crippen LogP contribution in [0.3, 0.4) is 0 Å². The Hall–Kier alpha value is 1.45. The van der Waals surface area contributed by atoms with Crippen molar-refractivity contribution in [2.75, 3.05) is 7.31 Å². The molecule has 1 saturated carbocycles. The van der Waals surface area contributed by atoms with E-state index in [0.717, 1.165) is 62.2 Å². The molecule has 6 heteroatoms. The number of rotatable bonds is 3. The van der Waals surface area contributed by atoms with Crippen molar-refractivity contribution in [2.24, 2.45) is 5.92 Å². The first-order valence-electron chi connectivity index (χ1n) is 4.16. The molecular formula is C6H11BF3KO. The van der Waals surface area contributed by atoms with Crippen molar-refractivity contribution < 1.29 is 17.7 Å². The molecule has 0 aliphatic heterocycles. The molecule has 0 aromatic rings. The number of hydrogen-bond donors (Lipinski definition) is 0. The van der Waals surface area contributed by atoms with Crippen LogP contribution in [0.1, 0.15) is 19.3 Å². The summed E-state index contributed by atoms with van der Waals surface area (Å²) >= 11 is 0.900. The normalized spacial score (nSPS) is 16.1. The van der Waals surface area contributed by atoms with Crippen molar-refractivity contribution in [3.05, 3.63) is 0 Å². The van der Waals surface area contributed by atoms with Crippen LogP contribution in [0.4, 0.5) is 12.9 Å². The van der Waals surface area contributed by atoms with Crippen molar-refractivity contribution in [1.29, 1.82) is 0 Å². The van der Waals surface area contributed by atoms with Gasteiger partial charge in [-0.05, 0) is 0 Å². The second-order valence-corrected chi connectivity index (χ2v) is 3.61. The Balaban J connectivity index is 0.000000261. The first-order valence-corrected chi connectivity index (χ1v) is 6.37. The molecule has 1 aliphatic rings. The van der Waals surface area contributed by atoms with E-state index in [4.69, 9.17) is 4.74 Å². The van der Waals surface area contributed by atoms with Gasteiger partial charge in [0.05, 0.1) is 0 Å². The Labute approximate surface area is 105 Å². The third-order valence-corrected chi connectivity index (χ3v) is 2.42. The fraction of sp³-hybridized carbons (Fsp3) is 1.00. The summed E-state index contributed by atoms with van der Waals surface area (Å²) in [6.45, 7) is 1.06. The van der Waals surface area contributed by atoms with Gasteiger partial charge in [-0.15, -0.1) is 0 Å². The van der Waals surface area contributed by atoms with E-state index in [2.05, 4.69) is 0 Å². The molecule has 0 atom stereocenters. The molecule has 0 spiro atoms. The molecule has 0 bridgehead atoms. The van der Waals surface area contributed by atoms with Gasteiger partial charge in [0.15, 0.2) is 0 Å². The molecule has 1 aliphatic carbocycles. The van der Waals surface area contributed by atoms with Gasteiger partial charge in [-0.3, -0.25) is 12.9 Å². The molecule has 0 heterocycles. The van der Waals surface area contributed by atoms with Gasteiger partial charge in [0.25, 0.3) is 0 Å². The summed E-state index contributed by atoms with van der Waals surface area (Å²) in [6.07, 6.45) is 4.29. The number of ether oxygens (including phenoxy) is 1. The Morgan fingerprint density at radius 2 is 1.83 bits per heavy atom. The molecule has 0 unspecified atom stereocenters. The molecule has 0 aromatic heterocycles. The Kier molecular flexibility index (Phi) is 10.1. The quantitative estimate of drug-likeness (QED) is 0.640. The summed E-state index contributed by atoms with van der Waals surface area (Å²) in [5.74, 6) is 0.942. The van der Waals surface area contributed by atoms with Gasteiger partial charge in [0.1, 0.15) is 0 Å². The van der Waals surface area contributed by atoms with Crippen LogP contribution < -0.4 is 0 Å². The summed E-state index contributed by atoms with van der Waals surface area (Å²) in [5.41, 5.74) is 0. The summed E-state index contributed by atoms with van der Waals surface area (Å²) < 4.78 is 35.4. The Bertz CT molecular complexity index is 100. The van der Waals surface area contributed by atoms with Gasteiger partial charge in [0, 0.05) is 0 Å². The SMILES string of the molecule is FB(F)F.[K][CH2]OCC1CCC1. The zero-order valence-electron chi connectivity index (χ0n) is 7.23. The average Bonchev–Trinajstić information content (AvgIpc) is 1.83. The zero-order valence-corrected chi connectivity index (χ0v) is 10.4. The summed E-state index contributed by atoms with van der Waals surface area (Å²) in [6, 6.07) is 0. The zero-order chi connectivity index (χ0) is 9.40. The monoisotopic (exact) mass is 206 g/mol. The van der Waals surface area contributed by atoms with Gasteiger partial charge in [-0.1, -0.05) is 0 Å². The fourth-order valence-electron chi connectivity index (χ4n) is 0.944. The van der Waals surface area contributed by atoms with Crippen LogP contribution >= 0.6 is 0 Å².